The van der Waals surface area contributed by atoms with E-state index in [9.17, 15) is 10.1 Å². The summed E-state index contributed by atoms with van der Waals surface area (Å²) < 4.78 is 0. The van der Waals surface area contributed by atoms with Gasteiger partial charge in [-0.05, 0) is 36.4 Å². The van der Waals surface area contributed by atoms with Gasteiger partial charge in [0.1, 0.15) is 0 Å². The largest absolute Gasteiger partial charge is 0.399 e. The van der Waals surface area contributed by atoms with Gasteiger partial charge in [0, 0.05) is 33.9 Å². The monoisotopic (exact) mass is 261 g/mol. The van der Waals surface area contributed by atoms with E-state index in [0.29, 0.717) is 27.8 Å². The number of H-pyrrole nitrogens is 1. The molecule has 0 bridgehead atoms. The topological polar surface area (TPSA) is 82.7 Å². The third kappa shape index (κ3) is 1.82. The molecule has 1 heterocycles. The molecular weight excluding hydrogens is 250 g/mol. The first-order valence-corrected chi connectivity index (χ1v) is 6.11. The van der Waals surface area contributed by atoms with Crippen LogP contribution in [0, 0.1) is 11.3 Å². The summed E-state index contributed by atoms with van der Waals surface area (Å²) in [4.78, 5) is 15.6. The van der Waals surface area contributed by atoms with Crippen molar-refractivity contribution < 1.29 is 4.79 Å². The summed E-state index contributed by atoms with van der Waals surface area (Å²) in [6, 6.07) is 14.2. The van der Waals surface area contributed by atoms with E-state index in [1.54, 1.807) is 42.6 Å². The van der Waals surface area contributed by atoms with Crippen LogP contribution in [0.25, 0.3) is 10.9 Å². The van der Waals surface area contributed by atoms with Crippen molar-refractivity contribution >= 4 is 22.4 Å². The summed E-state index contributed by atoms with van der Waals surface area (Å²) in [6.07, 6.45) is 1.64. The third-order valence-corrected chi connectivity index (χ3v) is 3.24. The van der Waals surface area contributed by atoms with Crippen LogP contribution in [0.2, 0.25) is 0 Å². The number of nitrogens with one attached hydrogen (secondary N) is 1. The van der Waals surface area contributed by atoms with Gasteiger partial charge < -0.3 is 10.7 Å². The first-order chi connectivity index (χ1) is 9.70. The molecule has 4 nitrogen and oxygen atoms in total. The quantitative estimate of drug-likeness (QED) is 0.549. The highest BCUT2D eigenvalue weighted by molar-refractivity contribution is 6.17. The van der Waals surface area contributed by atoms with Crippen LogP contribution in [0.15, 0.2) is 48.7 Å². The first-order valence-electron chi connectivity index (χ1n) is 6.11. The molecule has 4 heteroatoms. The number of aromatic nitrogens is 1. The molecule has 0 amide bonds. The SMILES string of the molecule is N#Cc1cccc2[nH]cc(C(=O)c3ccc(N)cc3)c12. The van der Waals surface area contributed by atoms with E-state index in [0.717, 1.165) is 5.52 Å². The van der Waals surface area contributed by atoms with Crippen molar-refractivity contribution in [3.63, 3.8) is 0 Å². The van der Waals surface area contributed by atoms with Crippen molar-refractivity contribution in [1.29, 1.82) is 5.26 Å². The number of aromatic amines is 1. The number of nitrogen functional groups attached to an aromatic ring is 1. The Morgan fingerprint density at radius 2 is 1.90 bits per heavy atom. The fourth-order valence-electron chi connectivity index (χ4n) is 2.25. The number of hydrogen-bond donors (Lipinski definition) is 2. The zero-order valence-electron chi connectivity index (χ0n) is 10.6. The molecule has 0 aliphatic carbocycles. The van der Waals surface area contributed by atoms with E-state index < -0.39 is 0 Å². The maximum absolute atomic E-state index is 12.5. The van der Waals surface area contributed by atoms with Crippen LogP contribution in [0.5, 0.6) is 0 Å². The highest BCUT2D eigenvalue weighted by atomic mass is 16.1. The molecule has 0 atom stereocenters. The number of hydrogen-bond acceptors (Lipinski definition) is 3. The number of nitriles is 1. The van der Waals surface area contributed by atoms with Crippen LogP contribution in [-0.4, -0.2) is 10.8 Å². The average molecular weight is 261 g/mol. The van der Waals surface area contributed by atoms with Crippen LogP contribution in [0.3, 0.4) is 0 Å². The summed E-state index contributed by atoms with van der Waals surface area (Å²) in [5, 5.41) is 9.84. The fourth-order valence-corrected chi connectivity index (χ4v) is 2.25. The number of carbonyl (C=O) groups is 1. The van der Waals surface area contributed by atoms with Gasteiger partial charge in [0.25, 0.3) is 0 Å². The predicted molar refractivity (Wildman–Crippen MR) is 77.3 cm³/mol. The second kappa shape index (κ2) is 4.56. The van der Waals surface area contributed by atoms with Gasteiger partial charge in [-0.15, -0.1) is 0 Å². The van der Waals surface area contributed by atoms with Crippen molar-refractivity contribution in [3.8, 4) is 6.07 Å². The van der Waals surface area contributed by atoms with Gasteiger partial charge in [-0.25, -0.2) is 0 Å². The first kappa shape index (κ1) is 12.0. The molecule has 0 aliphatic heterocycles. The van der Waals surface area contributed by atoms with Gasteiger partial charge in [0.15, 0.2) is 5.78 Å². The van der Waals surface area contributed by atoms with E-state index in [4.69, 9.17) is 5.73 Å². The lowest BCUT2D eigenvalue weighted by Gasteiger charge is -2.01. The number of nitrogens with two attached hydrogens (primary N) is 1. The lowest BCUT2D eigenvalue weighted by Crippen LogP contribution is -2.01. The van der Waals surface area contributed by atoms with Crippen LogP contribution in [0.4, 0.5) is 5.69 Å². The van der Waals surface area contributed by atoms with Gasteiger partial charge >= 0.3 is 0 Å². The molecule has 1 aromatic heterocycles. The highest BCUT2D eigenvalue weighted by Crippen LogP contribution is 2.24. The summed E-state index contributed by atoms with van der Waals surface area (Å²) in [7, 11) is 0. The van der Waals surface area contributed by atoms with Gasteiger partial charge in [0.05, 0.1) is 11.6 Å². The number of fused-ring (bicyclic) bond motifs is 1. The minimum absolute atomic E-state index is 0.126. The summed E-state index contributed by atoms with van der Waals surface area (Å²) >= 11 is 0. The lowest BCUT2D eigenvalue weighted by molar-refractivity contribution is 0.104. The molecule has 96 valence electrons. The number of nitrogens with zero attached hydrogens (tertiary/aromatic N) is 1. The molecule has 2 aromatic carbocycles. The fraction of sp³-hybridized carbons (Fsp3) is 0. The molecule has 3 N–H and O–H groups in total. The summed E-state index contributed by atoms with van der Waals surface area (Å²) in [5.74, 6) is -0.126. The number of carbonyl (C=O) groups excluding carboxylic acids is 1. The molecule has 0 saturated carbocycles. The van der Waals surface area contributed by atoms with Crippen molar-refractivity contribution in [2.24, 2.45) is 0 Å². The molecule has 0 aliphatic rings. The molecule has 0 saturated heterocycles. The maximum atomic E-state index is 12.5. The maximum Gasteiger partial charge on any atom is 0.195 e. The second-order valence-electron chi connectivity index (χ2n) is 4.49. The second-order valence-corrected chi connectivity index (χ2v) is 4.49. The van der Waals surface area contributed by atoms with Crippen molar-refractivity contribution in [2.75, 3.05) is 5.73 Å². The standard InChI is InChI=1S/C16H11N3O/c17-8-11-2-1-3-14-15(11)13(9-19-14)16(20)10-4-6-12(18)7-5-10/h1-7,9,19H,18H2. The smallest absolute Gasteiger partial charge is 0.195 e. The van der Waals surface area contributed by atoms with Crippen LogP contribution >= 0.6 is 0 Å². The van der Waals surface area contributed by atoms with Gasteiger partial charge in [-0.2, -0.15) is 5.26 Å². The molecule has 0 unspecified atom stereocenters. The number of rotatable bonds is 2. The summed E-state index contributed by atoms with van der Waals surface area (Å²) in [6.45, 7) is 0. The van der Waals surface area contributed by atoms with E-state index in [2.05, 4.69) is 11.1 Å². The van der Waals surface area contributed by atoms with Gasteiger partial charge in [-0.1, -0.05) is 6.07 Å². The van der Waals surface area contributed by atoms with E-state index in [1.165, 1.54) is 0 Å². The van der Waals surface area contributed by atoms with Crippen molar-refractivity contribution in [2.45, 2.75) is 0 Å². The Labute approximate surface area is 115 Å². The highest BCUT2D eigenvalue weighted by Gasteiger charge is 2.16. The molecule has 0 fully saturated rings. The normalized spacial score (nSPS) is 10.3. The Kier molecular flexibility index (Phi) is 2.73. The van der Waals surface area contributed by atoms with E-state index >= 15 is 0 Å². The minimum Gasteiger partial charge on any atom is -0.399 e. The third-order valence-electron chi connectivity index (χ3n) is 3.24. The number of benzene rings is 2. The Hall–Kier alpha value is -3.06. The predicted octanol–water partition coefficient (Wildman–Crippen LogP) is 2.85. The molecule has 3 aromatic rings. The van der Waals surface area contributed by atoms with Crippen LogP contribution in [0.1, 0.15) is 21.5 Å². The Balaban J connectivity index is 2.18. The lowest BCUT2D eigenvalue weighted by atomic mass is 10.00. The molecule has 0 spiro atoms. The van der Waals surface area contributed by atoms with Crippen LogP contribution < -0.4 is 5.73 Å². The molecule has 3 rings (SSSR count). The van der Waals surface area contributed by atoms with E-state index in [-0.39, 0.29) is 5.78 Å². The van der Waals surface area contributed by atoms with Gasteiger partial charge in [0.2, 0.25) is 0 Å². The number of anilines is 1. The number of ketones is 1. The molecule has 0 radical (unpaired) electrons. The Bertz CT molecular complexity index is 838. The molecule has 20 heavy (non-hydrogen) atoms. The average Bonchev–Trinajstić information content (AvgIpc) is 2.91. The zero-order chi connectivity index (χ0) is 14.1. The molecular formula is C16H11N3O. The van der Waals surface area contributed by atoms with Crippen LogP contribution in [-0.2, 0) is 0 Å². The zero-order valence-corrected chi connectivity index (χ0v) is 10.6. The van der Waals surface area contributed by atoms with Crippen molar-refractivity contribution in [3.05, 3.63) is 65.4 Å². The van der Waals surface area contributed by atoms with E-state index in [1.807, 2.05) is 6.07 Å². The van der Waals surface area contributed by atoms with Gasteiger partial charge in [-0.3, -0.25) is 4.79 Å². The summed E-state index contributed by atoms with van der Waals surface area (Å²) in [5.41, 5.74) is 8.55. The Morgan fingerprint density at radius 3 is 2.60 bits per heavy atom. The van der Waals surface area contributed by atoms with Crippen molar-refractivity contribution in [1.82, 2.24) is 4.98 Å². The Morgan fingerprint density at radius 1 is 1.15 bits per heavy atom. The minimum atomic E-state index is -0.126.